The van der Waals surface area contributed by atoms with Crippen molar-refractivity contribution in [2.45, 2.75) is 31.7 Å². The molecule has 0 aromatic rings. The SMILES string of the molecule is S=C(S)NC1CCCC1.[Zn]. The van der Waals surface area contributed by atoms with Crippen LogP contribution in [0.2, 0.25) is 0 Å². The summed E-state index contributed by atoms with van der Waals surface area (Å²) >= 11 is 8.78. The van der Waals surface area contributed by atoms with Gasteiger partial charge in [0.15, 0.2) is 0 Å². The maximum atomic E-state index is 4.79. The summed E-state index contributed by atoms with van der Waals surface area (Å²) in [5.74, 6) is 0. The fraction of sp³-hybridized carbons (Fsp3) is 0.833. The summed E-state index contributed by atoms with van der Waals surface area (Å²) < 4.78 is 0.641. The molecule has 1 nitrogen and oxygen atoms in total. The Labute approximate surface area is 85.5 Å². The third-order valence-electron chi connectivity index (χ3n) is 1.68. The van der Waals surface area contributed by atoms with Gasteiger partial charge in [-0.1, -0.05) is 25.1 Å². The smallest absolute Gasteiger partial charge is 0.130 e. The Bertz CT molecular complexity index is 112. The van der Waals surface area contributed by atoms with Gasteiger partial charge in [-0.25, -0.2) is 0 Å². The molecule has 0 radical (unpaired) electrons. The van der Waals surface area contributed by atoms with Crippen molar-refractivity contribution in [2.75, 3.05) is 0 Å². The zero-order valence-electron chi connectivity index (χ0n) is 5.97. The van der Waals surface area contributed by atoms with Gasteiger partial charge in [0, 0.05) is 25.5 Å². The van der Waals surface area contributed by atoms with Crippen LogP contribution in [0.3, 0.4) is 0 Å². The summed E-state index contributed by atoms with van der Waals surface area (Å²) in [6, 6.07) is 0.620. The minimum atomic E-state index is 0. The van der Waals surface area contributed by atoms with Crippen molar-refractivity contribution in [2.24, 2.45) is 0 Å². The molecule has 10 heavy (non-hydrogen) atoms. The van der Waals surface area contributed by atoms with E-state index in [1.54, 1.807) is 0 Å². The van der Waals surface area contributed by atoms with E-state index in [-0.39, 0.29) is 19.5 Å². The van der Waals surface area contributed by atoms with E-state index in [4.69, 9.17) is 12.2 Å². The summed E-state index contributed by atoms with van der Waals surface area (Å²) in [4.78, 5) is 0. The predicted molar refractivity (Wildman–Crippen MR) is 47.0 cm³/mol. The van der Waals surface area contributed by atoms with Crippen molar-refractivity contribution in [3.63, 3.8) is 0 Å². The van der Waals surface area contributed by atoms with Gasteiger partial charge in [0.1, 0.15) is 4.32 Å². The third kappa shape index (κ3) is 3.89. The van der Waals surface area contributed by atoms with E-state index in [0.717, 1.165) is 0 Å². The minimum Gasteiger partial charge on any atom is -0.368 e. The number of hydrogen-bond donors (Lipinski definition) is 2. The zero-order chi connectivity index (χ0) is 6.69. The molecule has 0 amide bonds. The van der Waals surface area contributed by atoms with Crippen LogP contribution in [0.25, 0.3) is 0 Å². The van der Waals surface area contributed by atoms with Gasteiger partial charge in [-0.2, -0.15) is 0 Å². The Hall–Kier alpha value is 0.863. The first-order valence-electron chi connectivity index (χ1n) is 3.28. The van der Waals surface area contributed by atoms with Gasteiger partial charge >= 0.3 is 0 Å². The number of rotatable bonds is 1. The Morgan fingerprint density at radius 3 is 2.30 bits per heavy atom. The predicted octanol–water partition coefficient (Wildman–Crippen LogP) is 1.73. The second-order valence-corrected chi connectivity index (χ2v) is 3.59. The van der Waals surface area contributed by atoms with Crippen LogP contribution in [0.15, 0.2) is 0 Å². The molecule has 0 unspecified atom stereocenters. The first-order valence-corrected chi connectivity index (χ1v) is 4.14. The molecule has 0 aromatic carbocycles. The maximum Gasteiger partial charge on any atom is 0.130 e. The molecule has 1 saturated carbocycles. The Morgan fingerprint density at radius 1 is 1.40 bits per heavy atom. The molecule has 1 N–H and O–H groups in total. The Morgan fingerprint density at radius 2 is 1.90 bits per heavy atom. The largest absolute Gasteiger partial charge is 0.368 e. The summed E-state index contributed by atoms with van der Waals surface area (Å²) in [6.45, 7) is 0. The Balaban J connectivity index is 0.000000810. The molecule has 54 valence electrons. The normalized spacial score (nSPS) is 18.1. The van der Waals surface area contributed by atoms with Gasteiger partial charge in [-0.15, -0.1) is 12.6 Å². The standard InChI is InChI=1S/C6H11NS2.Zn/c8-6(9)7-5-3-1-2-4-5;/h5H,1-4H2,(H2,7,8,9);. The van der Waals surface area contributed by atoms with Gasteiger partial charge in [-0.05, 0) is 12.8 Å². The molecule has 0 aliphatic heterocycles. The number of hydrogen-bond acceptors (Lipinski definition) is 1. The molecule has 0 bridgehead atoms. The molecule has 0 atom stereocenters. The van der Waals surface area contributed by atoms with Crippen LogP contribution in [0.1, 0.15) is 25.7 Å². The topological polar surface area (TPSA) is 12.0 Å². The van der Waals surface area contributed by atoms with Crippen molar-refractivity contribution in [3.8, 4) is 0 Å². The summed E-state index contributed by atoms with van der Waals surface area (Å²) in [5, 5.41) is 3.14. The molecular formula is C6H11NS2Zn. The quantitative estimate of drug-likeness (QED) is 0.401. The van der Waals surface area contributed by atoms with E-state index >= 15 is 0 Å². The summed E-state index contributed by atoms with van der Waals surface area (Å²) in [5.41, 5.74) is 0. The molecule has 4 heteroatoms. The second-order valence-electron chi connectivity index (χ2n) is 2.43. The van der Waals surface area contributed by atoms with E-state index in [1.165, 1.54) is 25.7 Å². The van der Waals surface area contributed by atoms with Crippen molar-refractivity contribution >= 4 is 29.2 Å². The molecule has 0 heterocycles. The van der Waals surface area contributed by atoms with Crippen LogP contribution in [0.4, 0.5) is 0 Å². The number of thiocarbonyl (C=S) groups is 1. The molecule has 0 saturated heterocycles. The van der Waals surface area contributed by atoms with Crippen LogP contribution in [-0.2, 0) is 19.5 Å². The van der Waals surface area contributed by atoms with Crippen molar-refractivity contribution in [1.29, 1.82) is 0 Å². The van der Waals surface area contributed by atoms with Crippen LogP contribution >= 0.6 is 24.8 Å². The van der Waals surface area contributed by atoms with E-state index < -0.39 is 0 Å². The van der Waals surface area contributed by atoms with Crippen molar-refractivity contribution in [1.82, 2.24) is 5.32 Å². The number of thiol groups is 1. The summed E-state index contributed by atoms with van der Waals surface area (Å²) in [6.07, 6.45) is 5.21. The van der Waals surface area contributed by atoms with Gasteiger partial charge in [-0.3, -0.25) is 0 Å². The number of nitrogens with one attached hydrogen (secondary N) is 1. The van der Waals surface area contributed by atoms with Crippen LogP contribution in [0.5, 0.6) is 0 Å². The fourth-order valence-corrected chi connectivity index (χ4v) is 1.59. The van der Waals surface area contributed by atoms with E-state index in [9.17, 15) is 0 Å². The monoisotopic (exact) mass is 225 g/mol. The van der Waals surface area contributed by atoms with Gasteiger partial charge in [0.2, 0.25) is 0 Å². The third-order valence-corrected chi connectivity index (χ3v) is 1.93. The summed E-state index contributed by atoms with van der Waals surface area (Å²) in [7, 11) is 0. The van der Waals surface area contributed by atoms with Crippen molar-refractivity contribution < 1.29 is 19.5 Å². The second kappa shape index (κ2) is 5.51. The maximum absolute atomic E-state index is 4.79. The molecule has 0 aromatic heterocycles. The average Bonchev–Trinajstić information content (AvgIpc) is 2.15. The van der Waals surface area contributed by atoms with Crippen LogP contribution in [0, 0.1) is 0 Å². The minimum absolute atomic E-state index is 0. The van der Waals surface area contributed by atoms with Gasteiger partial charge in [0.05, 0.1) is 0 Å². The van der Waals surface area contributed by atoms with Gasteiger partial charge < -0.3 is 5.32 Å². The zero-order valence-corrected chi connectivity index (χ0v) is 10.6. The van der Waals surface area contributed by atoms with Crippen LogP contribution < -0.4 is 5.32 Å². The Kier molecular flexibility index (Phi) is 5.98. The van der Waals surface area contributed by atoms with Crippen LogP contribution in [-0.4, -0.2) is 10.4 Å². The first kappa shape index (κ1) is 10.9. The first-order chi connectivity index (χ1) is 4.29. The van der Waals surface area contributed by atoms with E-state index in [2.05, 4.69) is 17.9 Å². The molecule has 1 fully saturated rings. The average molecular weight is 227 g/mol. The van der Waals surface area contributed by atoms with Crippen molar-refractivity contribution in [3.05, 3.63) is 0 Å². The molecule has 0 spiro atoms. The molecular weight excluding hydrogens is 216 g/mol. The molecule has 1 aliphatic rings. The fourth-order valence-electron chi connectivity index (χ4n) is 1.24. The van der Waals surface area contributed by atoms with E-state index in [1.807, 2.05) is 0 Å². The van der Waals surface area contributed by atoms with E-state index in [0.29, 0.717) is 10.4 Å². The molecule has 1 rings (SSSR count). The molecule has 1 aliphatic carbocycles. The van der Waals surface area contributed by atoms with Gasteiger partial charge in [0.25, 0.3) is 0 Å².